The van der Waals surface area contributed by atoms with E-state index in [1.807, 2.05) is 0 Å². The SMILES string of the molecule is Nc1nn(-c2c([N+](=O)[O-])ccc(F)c2F)c2c1CCC2. The fraction of sp³-hybridized carbons (Fsp3) is 0.250. The van der Waals surface area contributed by atoms with Crippen molar-refractivity contribution in [2.24, 2.45) is 0 Å². The van der Waals surface area contributed by atoms with E-state index in [4.69, 9.17) is 5.73 Å². The fourth-order valence-electron chi connectivity index (χ4n) is 2.53. The standard InChI is InChI=1S/C12H10F2N4O2/c13-7-4-5-9(18(19)20)11(10(7)14)17-8-3-1-2-6(8)12(15)16-17/h4-5H,1-3H2,(H2,15,16). The third kappa shape index (κ3) is 1.64. The van der Waals surface area contributed by atoms with Gasteiger partial charge in [-0.3, -0.25) is 10.1 Å². The van der Waals surface area contributed by atoms with Gasteiger partial charge in [0, 0.05) is 11.6 Å². The van der Waals surface area contributed by atoms with E-state index >= 15 is 0 Å². The van der Waals surface area contributed by atoms with Gasteiger partial charge in [-0.2, -0.15) is 0 Å². The van der Waals surface area contributed by atoms with Gasteiger partial charge in [-0.05, 0) is 25.3 Å². The van der Waals surface area contributed by atoms with Crippen LogP contribution in [0.25, 0.3) is 5.69 Å². The highest BCUT2D eigenvalue weighted by atomic mass is 19.2. The van der Waals surface area contributed by atoms with Gasteiger partial charge in [0.05, 0.1) is 10.6 Å². The molecule has 0 bridgehead atoms. The molecule has 0 aliphatic heterocycles. The largest absolute Gasteiger partial charge is 0.382 e. The van der Waals surface area contributed by atoms with Crippen LogP contribution in [-0.4, -0.2) is 14.7 Å². The molecule has 3 rings (SSSR count). The third-order valence-electron chi connectivity index (χ3n) is 3.42. The second-order valence-corrected chi connectivity index (χ2v) is 4.56. The number of rotatable bonds is 2. The zero-order valence-corrected chi connectivity index (χ0v) is 10.3. The topological polar surface area (TPSA) is 87.0 Å². The van der Waals surface area contributed by atoms with Gasteiger partial charge in [0.1, 0.15) is 5.82 Å². The second kappa shape index (κ2) is 4.26. The van der Waals surface area contributed by atoms with E-state index < -0.39 is 27.9 Å². The van der Waals surface area contributed by atoms with Crippen molar-refractivity contribution in [2.45, 2.75) is 19.3 Å². The summed E-state index contributed by atoms with van der Waals surface area (Å²) in [6.07, 6.45) is 2.07. The molecule has 1 aromatic heterocycles. The van der Waals surface area contributed by atoms with Gasteiger partial charge in [0.2, 0.25) is 0 Å². The van der Waals surface area contributed by atoms with Gasteiger partial charge < -0.3 is 5.73 Å². The van der Waals surface area contributed by atoms with Crippen LogP contribution in [0.5, 0.6) is 0 Å². The average molecular weight is 280 g/mol. The van der Waals surface area contributed by atoms with Crippen LogP contribution in [0.15, 0.2) is 12.1 Å². The van der Waals surface area contributed by atoms with Crippen LogP contribution in [0.3, 0.4) is 0 Å². The first-order valence-electron chi connectivity index (χ1n) is 5.99. The lowest BCUT2D eigenvalue weighted by molar-refractivity contribution is -0.384. The second-order valence-electron chi connectivity index (χ2n) is 4.56. The summed E-state index contributed by atoms with van der Waals surface area (Å²) in [5.41, 5.74) is 6.05. The summed E-state index contributed by atoms with van der Waals surface area (Å²) < 4.78 is 28.5. The average Bonchev–Trinajstić information content (AvgIpc) is 2.97. The molecule has 2 N–H and O–H groups in total. The molecule has 8 heteroatoms. The molecule has 0 radical (unpaired) electrons. The van der Waals surface area contributed by atoms with Crippen molar-refractivity contribution in [3.8, 4) is 5.69 Å². The van der Waals surface area contributed by atoms with Crippen molar-refractivity contribution < 1.29 is 13.7 Å². The van der Waals surface area contributed by atoms with Crippen LogP contribution in [-0.2, 0) is 12.8 Å². The Morgan fingerprint density at radius 3 is 2.80 bits per heavy atom. The lowest BCUT2D eigenvalue weighted by Gasteiger charge is -2.08. The molecule has 2 aromatic rings. The van der Waals surface area contributed by atoms with Crippen LogP contribution in [0.2, 0.25) is 0 Å². The van der Waals surface area contributed by atoms with E-state index in [1.165, 1.54) is 0 Å². The van der Waals surface area contributed by atoms with Crippen molar-refractivity contribution in [1.82, 2.24) is 9.78 Å². The van der Waals surface area contributed by atoms with Gasteiger partial charge in [-0.15, -0.1) is 5.10 Å². The summed E-state index contributed by atoms with van der Waals surface area (Å²) in [7, 11) is 0. The molecule has 104 valence electrons. The number of hydrogen-bond acceptors (Lipinski definition) is 4. The smallest absolute Gasteiger partial charge is 0.298 e. The van der Waals surface area contributed by atoms with Crippen LogP contribution in [0.1, 0.15) is 17.7 Å². The molecule has 1 aliphatic rings. The minimum atomic E-state index is -1.29. The maximum atomic E-state index is 14.0. The number of nitrogens with two attached hydrogens (primary N) is 1. The number of nitrogen functional groups attached to an aromatic ring is 1. The molecule has 0 unspecified atom stereocenters. The molecule has 1 aromatic carbocycles. The van der Waals surface area contributed by atoms with Crippen LogP contribution < -0.4 is 5.73 Å². The Balaban J connectivity index is 2.32. The van der Waals surface area contributed by atoms with Crippen LogP contribution in [0, 0.1) is 21.7 Å². The lowest BCUT2D eigenvalue weighted by atomic mass is 10.2. The Morgan fingerprint density at radius 1 is 1.35 bits per heavy atom. The fourth-order valence-corrected chi connectivity index (χ4v) is 2.53. The number of nitro benzene ring substituents is 1. The normalized spacial score (nSPS) is 13.5. The Morgan fingerprint density at radius 2 is 2.10 bits per heavy atom. The predicted octanol–water partition coefficient (Wildman–Crippen LogP) is 2.13. The molecule has 0 saturated heterocycles. The Kier molecular flexibility index (Phi) is 2.66. The molecule has 0 spiro atoms. The molecule has 0 amide bonds. The highest BCUT2D eigenvalue weighted by molar-refractivity contribution is 5.57. The van der Waals surface area contributed by atoms with Crippen molar-refractivity contribution >= 4 is 11.5 Å². The van der Waals surface area contributed by atoms with E-state index in [9.17, 15) is 18.9 Å². The van der Waals surface area contributed by atoms with Crippen LogP contribution >= 0.6 is 0 Å². The molecular formula is C12H10F2N4O2. The number of benzene rings is 1. The third-order valence-corrected chi connectivity index (χ3v) is 3.42. The van der Waals surface area contributed by atoms with Crippen molar-refractivity contribution in [3.63, 3.8) is 0 Å². The zero-order valence-electron chi connectivity index (χ0n) is 10.3. The monoisotopic (exact) mass is 280 g/mol. The molecule has 1 heterocycles. The number of nitro groups is 1. The van der Waals surface area contributed by atoms with Crippen molar-refractivity contribution in [1.29, 1.82) is 0 Å². The highest BCUT2D eigenvalue weighted by Gasteiger charge is 2.29. The summed E-state index contributed by atoms with van der Waals surface area (Å²) in [4.78, 5) is 10.2. The number of anilines is 1. The Labute approximate surface area is 112 Å². The van der Waals surface area contributed by atoms with Gasteiger partial charge in [-0.25, -0.2) is 13.5 Å². The summed E-state index contributed by atoms with van der Waals surface area (Å²) in [5, 5.41) is 14.9. The number of halogens is 2. The Hall–Kier alpha value is -2.51. The van der Waals surface area contributed by atoms with Crippen LogP contribution in [0.4, 0.5) is 20.3 Å². The summed E-state index contributed by atoms with van der Waals surface area (Å²) in [6.45, 7) is 0. The number of nitrogens with zero attached hydrogens (tertiary/aromatic N) is 3. The van der Waals surface area contributed by atoms with Gasteiger partial charge in [0.25, 0.3) is 5.69 Å². The first-order valence-corrected chi connectivity index (χ1v) is 5.99. The van der Waals surface area contributed by atoms with Gasteiger partial charge in [0.15, 0.2) is 17.3 Å². The summed E-state index contributed by atoms with van der Waals surface area (Å²) in [5.74, 6) is -2.25. The molecule has 20 heavy (non-hydrogen) atoms. The van der Waals surface area contributed by atoms with Crippen molar-refractivity contribution in [2.75, 3.05) is 5.73 Å². The quantitative estimate of drug-likeness (QED) is 0.674. The van der Waals surface area contributed by atoms with E-state index in [0.29, 0.717) is 18.5 Å². The molecular weight excluding hydrogens is 270 g/mol. The van der Waals surface area contributed by atoms with Gasteiger partial charge >= 0.3 is 0 Å². The zero-order chi connectivity index (χ0) is 14.4. The summed E-state index contributed by atoms with van der Waals surface area (Å²) >= 11 is 0. The molecule has 6 nitrogen and oxygen atoms in total. The first kappa shape index (κ1) is 12.5. The first-order chi connectivity index (χ1) is 9.50. The predicted molar refractivity (Wildman–Crippen MR) is 66.6 cm³/mol. The maximum Gasteiger partial charge on any atom is 0.298 e. The number of aromatic nitrogens is 2. The molecule has 1 aliphatic carbocycles. The van der Waals surface area contributed by atoms with Gasteiger partial charge in [-0.1, -0.05) is 0 Å². The molecule has 0 fully saturated rings. The number of fused-ring (bicyclic) bond motifs is 1. The van der Waals surface area contributed by atoms with E-state index in [0.717, 1.165) is 28.8 Å². The number of hydrogen-bond donors (Lipinski definition) is 1. The maximum absolute atomic E-state index is 14.0. The van der Waals surface area contributed by atoms with E-state index in [-0.39, 0.29) is 5.82 Å². The minimum Gasteiger partial charge on any atom is -0.382 e. The molecule has 0 saturated carbocycles. The van der Waals surface area contributed by atoms with Crippen molar-refractivity contribution in [3.05, 3.63) is 45.1 Å². The minimum absolute atomic E-state index is 0.204. The highest BCUT2D eigenvalue weighted by Crippen LogP contribution is 2.34. The summed E-state index contributed by atoms with van der Waals surface area (Å²) in [6, 6.07) is 1.65. The Bertz CT molecular complexity index is 727. The molecule has 0 atom stereocenters. The lowest BCUT2D eigenvalue weighted by Crippen LogP contribution is -2.09. The van der Waals surface area contributed by atoms with E-state index in [1.54, 1.807) is 0 Å². The van der Waals surface area contributed by atoms with E-state index in [2.05, 4.69) is 5.10 Å².